The van der Waals surface area contributed by atoms with E-state index in [9.17, 15) is 18.7 Å². The minimum atomic E-state index is -1.17. The highest BCUT2D eigenvalue weighted by Crippen LogP contribution is 2.25. The summed E-state index contributed by atoms with van der Waals surface area (Å²) in [5.41, 5.74) is 0.759. The number of carbonyl (C=O) groups excluding carboxylic acids is 1. The monoisotopic (exact) mass is 248 g/mol. The van der Waals surface area contributed by atoms with E-state index in [4.69, 9.17) is 0 Å². The Balaban J connectivity index is 2.44. The number of aliphatic hydroxyl groups is 1. The molecule has 0 bridgehead atoms. The molecule has 4 heteroatoms. The zero-order valence-electron chi connectivity index (χ0n) is 9.31. The van der Waals surface area contributed by atoms with Crippen LogP contribution < -0.4 is 0 Å². The van der Waals surface area contributed by atoms with Crippen molar-refractivity contribution >= 4 is 6.29 Å². The largest absolute Gasteiger partial charge is 0.384 e. The van der Waals surface area contributed by atoms with Gasteiger partial charge in [0.05, 0.1) is 0 Å². The summed E-state index contributed by atoms with van der Waals surface area (Å²) >= 11 is 0. The lowest BCUT2D eigenvalue weighted by Crippen LogP contribution is -2.04. The molecule has 0 spiro atoms. The van der Waals surface area contributed by atoms with Crippen molar-refractivity contribution in [1.29, 1.82) is 0 Å². The fraction of sp³-hybridized carbons (Fsp3) is 0.0714. The second-order valence-electron chi connectivity index (χ2n) is 3.85. The average molecular weight is 248 g/mol. The molecule has 0 radical (unpaired) electrons. The third-order valence-corrected chi connectivity index (χ3v) is 2.66. The second-order valence-corrected chi connectivity index (χ2v) is 3.85. The fourth-order valence-electron chi connectivity index (χ4n) is 1.71. The number of aldehydes is 1. The van der Waals surface area contributed by atoms with Crippen molar-refractivity contribution < 1.29 is 18.7 Å². The first kappa shape index (κ1) is 12.4. The van der Waals surface area contributed by atoms with Crippen LogP contribution in [0.15, 0.2) is 42.5 Å². The molecule has 0 amide bonds. The number of carbonyl (C=O) groups is 1. The van der Waals surface area contributed by atoms with E-state index in [1.807, 2.05) is 0 Å². The highest BCUT2D eigenvalue weighted by Gasteiger charge is 2.15. The SMILES string of the molecule is O=Cc1ccc(F)cc1C(O)c1ccc(F)cc1. The molecule has 0 aromatic heterocycles. The quantitative estimate of drug-likeness (QED) is 0.848. The Morgan fingerprint density at radius 3 is 2.22 bits per heavy atom. The highest BCUT2D eigenvalue weighted by atomic mass is 19.1. The summed E-state index contributed by atoms with van der Waals surface area (Å²) in [7, 11) is 0. The van der Waals surface area contributed by atoms with E-state index in [1.54, 1.807) is 0 Å². The topological polar surface area (TPSA) is 37.3 Å². The molecule has 0 saturated heterocycles. The molecule has 1 atom stereocenters. The van der Waals surface area contributed by atoms with E-state index < -0.39 is 17.7 Å². The van der Waals surface area contributed by atoms with Crippen molar-refractivity contribution in [2.75, 3.05) is 0 Å². The molecule has 2 aromatic rings. The van der Waals surface area contributed by atoms with Gasteiger partial charge in [-0.25, -0.2) is 8.78 Å². The summed E-state index contributed by atoms with van der Waals surface area (Å²) in [6, 6.07) is 8.70. The van der Waals surface area contributed by atoms with Gasteiger partial charge in [0.2, 0.25) is 0 Å². The maximum atomic E-state index is 13.1. The standard InChI is InChI=1S/C14H10F2O2/c15-11-4-1-9(2-5-11)14(18)13-7-12(16)6-3-10(13)8-17/h1-8,14,18H. The Kier molecular flexibility index (Phi) is 3.48. The van der Waals surface area contributed by atoms with Crippen molar-refractivity contribution in [3.05, 3.63) is 70.8 Å². The molecule has 0 saturated carbocycles. The van der Waals surface area contributed by atoms with Gasteiger partial charge in [-0.15, -0.1) is 0 Å². The molecule has 92 valence electrons. The summed E-state index contributed by atoms with van der Waals surface area (Å²) in [4.78, 5) is 10.8. The number of benzene rings is 2. The maximum Gasteiger partial charge on any atom is 0.150 e. The lowest BCUT2D eigenvalue weighted by molar-refractivity contribution is 0.111. The van der Waals surface area contributed by atoms with E-state index in [0.29, 0.717) is 11.8 Å². The number of hydrogen-bond donors (Lipinski definition) is 1. The van der Waals surface area contributed by atoms with Gasteiger partial charge in [0, 0.05) is 5.56 Å². The zero-order chi connectivity index (χ0) is 13.1. The summed E-state index contributed by atoms with van der Waals surface area (Å²) in [5.74, 6) is -0.974. The lowest BCUT2D eigenvalue weighted by atomic mass is 9.97. The summed E-state index contributed by atoms with van der Waals surface area (Å²) in [5, 5.41) is 10.1. The predicted octanol–water partition coefficient (Wildman–Crippen LogP) is 2.86. The van der Waals surface area contributed by atoms with E-state index >= 15 is 0 Å². The van der Waals surface area contributed by atoms with Crippen LogP contribution >= 0.6 is 0 Å². The Hall–Kier alpha value is -2.07. The number of rotatable bonds is 3. The minimum absolute atomic E-state index is 0.164. The molecule has 0 aliphatic rings. The van der Waals surface area contributed by atoms with Gasteiger partial charge in [-0.05, 0) is 41.5 Å². The van der Waals surface area contributed by atoms with Gasteiger partial charge in [0.1, 0.15) is 24.0 Å². The number of halogens is 2. The first-order chi connectivity index (χ1) is 8.61. The van der Waals surface area contributed by atoms with Crippen molar-refractivity contribution in [1.82, 2.24) is 0 Å². The second kappa shape index (κ2) is 5.06. The van der Waals surface area contributed by atoms with E-state index in [0.717, 1.165) is 12.1 Å². The van der Waals surface area contributed by atoms with Crippen LogP contribution in [-0.4, -0.2) is 11.4 Å². The lowest BCUT2D eigenvalue weighted by Gasteiger charge is -2.13. The van der Waals surface area contributed by atoms with Crippen LogP contribution in [0, 0.1) is 11.6 Å². The number of hydrogen-bond acceptors (Lipinski definition) is 2. The molecule has 1 N–H and O–H groups in total. The van der Waals surface area contributed by atoms with E-state index in [1.165, 1.54) is 30.3 Å². The minimum Gasteiger partial charge on any atom is -0.384 e. The van der Waals surface area contributed by atoms with Gasteiger partial charge >= 0.3 is 0 Å². The molecule has 2 aromatic carbocycles. The van der Waals surface area contributed by atoms with Crippen molar-refractivity contribution in [2.45, 2.75) is 6.10 Å². The molecular weight excluding hydrogens is 238 g/mol. The smallest absolute Gasteiger partial charge is 0.150 e. The molecule has 0 aliphatic heterocycles. The number of aliphatic hydroxyl groups excluding tert-OH is 1. The van der Waals surface area contributed by atoms with E-state index in [-0.39, 0.29) is 11.1 Å². The molecule has 2 rings (SSSR count). The highest BCUT2D eigenvalue weighted by molar-refractivity contribution is 5.77. The summed E-state index contributed by atoms with van der Waals surface area (Å²) in [6.07, 6.45) is -0.622. The fourth-order valence-corrected chi connectivity index (χ4v) is 1.71. The molecule has 0 heterocycles. The molecule has 2 nitrogen and oxygen atoms in total. The first-order valence-electron chi connectivity index (χ1n) is 5.30. The van der Waals surface area contributed by atoms with Crippen LogP contribution in [0.25, 0.3) is 0 Å². The average Bonchev–Trinajstić information content (AvgIpc) is 2.39. The Bertz CT molecular complexity index is 565. The Morgan fingerprint density at radius 1 is 1.00 bits per heavy atom. The molecule has 0 fully saturated rings. The van der Waals surface area contributed by atoms with Crippen molar-refractivity contribution in [2.24, 2.45) is 0 Å². The van der Waals surface area contributed by atoms with Gasteiger partial charge in [0.15, 0.2) is 0 Å². The molecule has 1 unspecified atom stereocenters. The van der Waals surface area contributed by atoms with Gasteiger partial charge < -0.3 is 5.11 Å². The summed E-state index contributed by atoms with van der Waals surface area (Å²) in [6.45, 7) is 0. The van der Waals surface area contributed by atoms with Crippen LogP contribution in [-0.2, 0) is 0 Å². The van der Waals surface area contributed by atoms with Crippen LogP contribution in [0.3, 0.4) is 0 Å². The zero-order valence-corrected chi connectivity index (χ0v) is 9.31. The van der Waals surface area contributed by atoms with Gasteiger partial charge in [-0.3, -0.25) is 4.79 Å². The normalized spacial score (nSPS) is 12.2. The van der Waals surface area contributed by atoms with Crippen molar-refractivity contribution in [3.8, 4) is 0 Å². The summed E-state index contributed by atoms with van der Waals surface area (Å²) < 4.78 is 25.9. The predicted molar refractivity (Wildman–Crippen MR) is 62.2 cm³/mol. The molecule has 0 aliphatic carbocycles. The Morgan fingerprint density at radius 2 is 1.61 bits per heavy atom. The third kappa shape index (κ3) is 2.43. The van der Waals surface area contributed by atoms with E-state index in [2.05, 4.69) is 0 Å². The van der Waals surface area contributed by atoms with Gasteiger partial charge in [-0.2, -0.15) is 0 Å². The van der Waals surface area contributed by atoms with Crippen LogP contribution in [0.2, 0.25) is 0 Å². The van der Waals surface area contributed by atoms with Crippen molar-refractivity contribution in [3.63, 3.8) is 0 Å². The van der Waals surface area contributed by atoms with Gasteiger partial charge in [0.25, 0.3) is 0 Å². The van der Waals surface area contributed by atoms with Crippen LogP contribution in [0.5, 0.6) is 0 Å². The molecular formula is C14H10F2O2. The third-order valence-electron chi connectivity index (χ3n) is 2.66. The first-order valence-corrected chi connectivity index (χ1v) is 5.30. The Labute approximate surface area is 103 Å². The van der Waals surface area contributed by atoms with Gasteiger partial charge in [-0.1, -0.05) is 12.1 Å². The maximum absolute atomic E-state index is 13.1. The van der Waals surface area contributed by atoms with Crippen LogP contribution in [0.4, 0.5) is 8.78 Å². The molecule has 18 heavy (non-hydrogen) atoms. The van der Waals surface area contributed by atoms with Crippen LogP contribution in [0.1, 0.15) is 27.6 Å².